The van der Waals surface area contributed by atoms with Crippen molar-refractivity contribution in [3.63, 3.8) is 0 Å². The highest BCUT2D eigenvalue weighted by Crippen LogP contribution is 2.44. The Bertz CT molecular complexity index is 1300. The molecule has 2 fully saturated rings. The summed E-state index contributed by atoms with van der Waals surface area (Å²) in [6, 6.07) is 15.3. The van der Waals surface area contributed by atoms with Crippen molar-refractivity contribution >= 4 is 24.0 Å². The van der Waals surface area contributed by atoms with E-state index >= 15 is 0 Å². The van der Waals surface area contributed by atoms with E-state index in [0.717, 1.165) is 28.5 Å². The molecule has 0 saturated heterocycles. The first-order valence-corrected chi connectivity index (χ1v) is 19.0. The highest BCUT2D eigenvalue weighted by atomic mass is 28.3. The summed E-state index contributed by atoms with van der Waals surface area (Å²) in [5, 5.41) is 4.49. The van der Waals surface area contributed by atoms with Gasteiger partial charge in [-0.2, -0.15) is 0 Å². The van der Waals surface area contributed by atoms with Crippen molar-refractivity contribution in [1.29, 1.82) is 0 Å². The number of aromatic nitrogens is 1. The molecule has 0 spiro atoms. The third-order valence-corrected chi connectivity index (χ3v) is 18.4. The molecule has 1 nitrogen and oxygen atoms in total. The van der Waals surface area contributed by atoms with Crippen molar-refractivity contribution in [2.75, 3.05) is 0 Å². The standard InChI is InChI=1S/C38H56NSi/c1-26(2)40(27(3)4,28(5)6)34-19-20-35-32(23-34)21-22-39(8)38(35)37-25-33(30-15-11-9-12-16-30)24-36(29(37)7)31-17-13-10-14-18-31/h19-28,30-31H,9-18H2,1-8H3/q+1. The molecule has 40 heavy (non-hydrogen) atoms. The summed E-state index contributed by atoms with van der Waals surface area (Å²) in [6.07, 6.45) is 16.2. The second-order valence-corrected chi connectivity index (χ2v) is 20.3. The molecule has 2 saturated carbocycles. The SMILES string of the molecule is Cc1c(-c2c3ccc([Si](C(C)C)(C(C)C)C(C)C)cc3cc[n+]2C)cc(C2CCCCC2)cc1C1CCCCC1. The van der Waals surface area contributed by atoms with Crippen LogP contribution in [0, 0.1) is 6.92 Å². The predicted molar refractivity (Wildman–Crippen MR) is 178 cm³/mol. The molecule has 0 bridgehead atoms. The lowest BCUT2D eigenvalue weighted by molar-refractivity contribution is -0.659. The van der Waals surface area contributed by atoms with E-state index in [-0.39, 0.29) is 0 Å². The van der Waals surface area contributed by atoms with Gasteiger partial charge >= 0.3 is 0 Å². The summed E-state index contributed by atoms with van der Waals surface area (Å²) in [5.41, 5.74) is 9.89. The maximum atomic E-state index is 2.67. The molecule has 0 amide bonds. The summed E-state index contributed by atoms with van der Waals surface area (Å²) in [7, 11) is 0.557. The minimum absolute atomic E-state index is 0.719. The van der Waals surface area contributed by atoms with Crippen LogP contribution in [0.4, 0.5) is 0 Å². The minimum atomic E-state index is -1.71. The highest BCUT2D eigenvalue weighted by molar-refractivity contribution is 6.95. The molecule has 2 heteroatoms. The Morgan fingerprint density at radius 1 is 0.700 bits per heavy atom. The lowest BCUT2D eigenvalue weighted by atomic mass is 9.76. The fourth-order valence-electron chi connectivity index (χ4n) is 9.49. The largest absolute Gasteiger partial charge is 0.220 e. The summed E-state index contributed by atoms with van der Waals surface area (Å²) in [4.78, 5) is 0. The number of hydrogen-bond donors (Lipinski definition) is 0. The van der Waals surface area contributed by atoms with Gasteiger partial charge in [0.2, 0.25) is 5.69 Å². The third-order valence-electron chi connectivity index (χ3n) is 11.4. The molecule has 0 radical (unpaired) electrons. The Morgan fingerprint density at radius 2 is 1.27 bits per heavy atom. The van der Waals surface area contributed by atoms with Gasteiger partial charge in [0, 0.05) is 6.07 Å². The molecular weight excluding hydrogens is 499 g/mol. The van der Waals surface area contributed by atoms with E-state index in [1.54, 1.807) is 16.3 Å². The molecule has 2 aliphatic carbocycles. The second kappa shape index (κ2) is 12.1. The molecule has 2 aliphatic rings. The fraction of sp³-hybridized carbons (Fsp3) is 0.605. The minimum Gasteiger partial charge on any atom is -0.200 e. The first-order valence-electron chi connectivity index (χ1n) is 16.7. The number of aryl methyl sites for hydroxylation is 1. The van der Waals surface area contributed by atoms with E-state index in [1.807, 2.05) is 0 Å². The van der Waals surface area contributed by atoms with Gasteiger partial charge in [-0.25, -0.2) is 4.57 Å². The molecule has 3 aromatic rings. The lowest BCUT2D eigenvalue weighted by Gasteiger charge is -2.43. The van der Waals surface area contributed by atoms with E-state index < -0.39 is 8.07 Å². The first-order chi connectivity index (χ1) is 19.2. The average Bonchev–Trinajstić information content (AvgIpc) is 2.94. The van der Waals surface area contributed by atoms with Crippen molar-refractivity contribution in [2.45, 2.75) is 141 Å². The summed E-state index contributed by atoms with van der Waals surface area (Å²) in [6.45, 7) is 17.4. The number of nitrogens with zero attached hydrogens (tertiary/aromatic N) is 1. The van der Waals surface area contributed by atoms with Crippen molar-refractivity contribution in [2.24, 2.45) is 7.05 Å². The van der Waals surface area contributed by atoms with Crippen LogP contribution in [-0.4, -0.2) is 8.07 Å². The smallest absolute Gasteiger partial charge is 0.200 e. The Morgan fingerprint density at radius 3 is 1.85 bits per heavy atom. The molecule has 0 N–H and O–H groups in total. The zero-order valence-electron chi connectivity index (χ0n) is 26.9. The molecule has 2 aromatic carbocycles. The van der Waals surface area contributed by atoms with E-state index in [2.05, 4.69) is 103 Å². The monoisotopic (exact) mass is 554 g/mol. The van der Waals surface area contributed by atoms with Crippen LogP contribution in [-0.2, 0) is 7.05 Å². The van der Waals surface area contributed by atoms with Crippen LogP contribution in [0.2, 0.25) is 16.6 Å². The molecule has 216 valence electrons. The van der Waals surface area contributed by atoms with Gasteiger partial charge in [0.05, 0.1) is 19.0 Å². The van der Waals surface area contributed by atoms with Crippen LogP contribution in [0.25, 0.3) is 22.0 Å². The van der Waals surface area contributed by atoms with Gasteiger partial charge in [0.15, 0.2) is 6.20 Å². The van der Waals surface area contributed by atoms with Gasteiger partial charge in [-0.3, -0.25) is 0 Å². The van der Waals surface area contributed by atoms with Gasteiger partial charge in [-0.05, 0) is 95.3 Å². The topological polar surface area (TPSA) is 3.88 Å². The molecule has 1 aromatic heterocycles. The van der Waals surface area contributed by atoms with E-state index in [0.29, 0.717) is 0 Å². The quantitative estimate of drug-likeness (QED) is 0.202. The van der Waals surface area contributed by atoms with Crippen LogP contribution >= 0.6 is 0 Å². The fourth-order valence-corrected chi connectivity index (χ4v) is 16.3. The van der Waals surface area contributed by atoms with Gasteiger partial charge in [-0.1, -0.05) is 103 Å². The zero-order valence-corrected chi connectivity index (χ0v) is 27.9. The Kier molecular flexibility index (Phi) is 8.96. The third kappa shape index (κ3) is 5.23. The number of pyridine rings is 1. The van der Waals surface area contributed by atoms with Gasteiger partial charge in [0.25, 0.3) is 0 Å². The number of rotatable bonds is 7. The molecule has 0 atom stereocenters. The lowest BCUT2D eigenvalue weighted by Crippen LogP contribution is -2.55. The molecule has 5 rings (SSSR count). The van der Waals surface area contributed by atoms with Crippen LogP contribution in [0.3, 0.4) is 0 Å². The van der Waals surface area contributed by atoms with E-state index in [4.69, 9.17) is 0 Å². The maximum absolute atomic E-state index is 2.67. The zero-order chi connectivity index (χ0) is 28.6. The van der Waals surface area contributed by atoms with Crippen LogP contribution in [0.1, 0.15) is 134 Å². The molecule has 0 aliphatic heterocycles. The summed E-state index contributed by atoms with van der Waals surface area (Å²) >= 11 is 0. The van der Waals surface area contributed by atoms with Gasteiger partial charge in [-0.15, -0.1) is 0 Å². The Hall–Kier alpha value is -1.93. The summed E-state index contributed by atoms with van der Waals surface area (Å²) < 4.78 is 2.41. The van der Waals surface area contributed by atoms with Crippen molar-refractivity contribution < 1.29 is 4.57 Å². The summed E-state index contributed by atoms with van der Waals surface area (Å²) in [5.74, 6) is 1.47. The van der Waals surface area contributed by atoms with E-state index in [9.17, 15) is 0 Å². The molecular formula is C38H56NSi+. The van der Waals surface area contributed by atoms with Crippen molar-refractivity contribution in [3.8, 4) is 11.3 Å². The van der Waals surface area contributed by atoms with Crippen LogP contribution in [0.5, 0.6) is 0 Å². The second-order valence-electron chi connectivity index (χ2n) is 14.4. The van der Waals surface area contributed by atoms with E-state index in [1.165, 1.54) is 91.8 Å². The molecule has 1 heterocycles. The number of hydrogen-bond acceptors (Lipinski definition) is 0. The van der Waals surface area contributed by atoms with Gasteiger partial charge in [0.1, 0.15) is 7.05 Å². The molecule has 0 unspecified atom stereocenters. The average molecular weight is 555 g/mol. The maximum Gasteiger partial charge on any atom is 0.220 e. The van der Waals surface area contributed by atoms with Crippen LogP contribution < -0.4 is 9.75 Å². The van der Waals surface area contributed by atoms with Gasteiger partial charge < -0.3 is 0 Å². The van der Waals surface area contributed by atoms with Crippen molar-refractivity contribution in [1.82, 2.24) is 0 Å². The van der Waals surface area contributed by atoms with Crippen molar-refractivity contribution in [3.05, 3.63) is 59.3 Å². The first kappa shape index (κ1) is 29.6. The number of benzene rings is 2. The highest BCUT2D eigenvalue weighted by Gasteiger charge is 2.44. The number of fused-ring (bicyclic) bond motifs is 1. The Labute approximate surface area is 246 Å². The van der Waals surface area contributed by atoms with Crippen LogP contribution in [0.15, 0.2) is 42.6 Å². The Balaban J connectivity index is 1.71. The predicted octanol–water partition coefficient (Wildman–Crippen LogP) is 10.6. The normalized spacial score (nSPS) is 18.0.